The molecule has 9 nitrogen and oxygen atoms in total. The highest BCUT2D eigenvalue weighted by Gasteiger charge is 2.34. The lowest BCUT2D eigenvalue weighted by molar-refractivity contribution is 0.0694. The van der Waals surface area contributed by atoms with E-state index in [0.717, 1.165) is 29.9 Å². The summed E-state index contributed by atoms with van der Waals surface area (Å²) >= 11 is 0. The molecule has 0 bridgehead atoms. The van der Waals surface area contributed by atoms with Gasteiger partial charge in [0.15, 0.2) is 0 Å². The molecule has 0 N–H and O–H groups in total. The second-order valence-electron chi connectivity index (χ2n) is 7.92. The predicted octanol–water partition coefficient (Wildman–Crippen LogP) is 1.97. The van der Waals surface area contributed by atoms with E-state index >= 15 is 0 Å². The molecule has 0 unspecified atom stereocenters. The lowest BCUT2D eigenvalue weighted by Gasteiger charge is -2.35. The zero-order chi connectivity index (χ0) is 22.0. The zero-order valence-electron chi connectivity index (χ0n) is 17.9. The first-order chi connectivity index (χ1) is 14.9. The molecule has 0 saturated carbocycles. The van der Waals surface area contributed by atoms with Crippen molar-refractivity contribution in [1.29, 1.82) is 0 Å². The third kappa shape index (κ3) is 4.60. The summed E-state index contributed by atoms with van der Waals surface area (Å²) in [4.78, 5) is 14.5. The maximum Gasteiger partial charge on any atom is 0.282 e. The van der Waals surface area contributed by atoms with Crippen LogP contribution in [0.25, 0.3) is 0 Å². The van der Waals surface area contributed by atoms with Crippen LogP contribution in [0.1, 0.15) is 40.2 Å². The predicted molar refractivity (Wildman–Crippen MR) is 114 cm³/mol. The van der Waals surface area contributed by atoms with Crippen LogP contribution in [0.4, 0.5) is 0 Å². The number of amides is 1. The number of carbonyl (C=O) groups excluding carboxylic acids is 1. The van der Waals surface area contributed by atoms with Gasteiger partial charge in [-0.1, -0.05) is 5.16 Å². The summed E-state index contributed by atoms with van der Waals surface area (Å²) in [5, 5.41) is 3.91. The summed E-state index contributed by atoms with van der Waals surface area (Å²) in [6.45, 7) is 6.66. The standard InChI is InChI=1S/C21H28N4O5S/c1-16-20(17(2)30-22-16)15-29-19-7-5-18(6-8-19)21(26)23-11-13-25(14-12-23)31(27,28)24-9-3-4-10-24/h5-8H,3-4,9-15H2,1-2H3. The van der Waals surface area contributed by atoms with Crippen LogP contribution in [-0.2, 0) is 16.8 Å². The van der Waals surface area contributed by atoms with Crippen LogP contribution in [0, 0.1) is 13.8 Å². The minimum absolute atomic E-state index is 0.101. The summed E-state index contributed by atoms with van der Waals surface area (Å²) in [6, 6.07) is 7.00. The Morgan fingerprint density at radius 2 is 1.61 bits per heavy atom. The van der Waals surface area contributed by atoms with Crippen molar-refractivity contribution in [2.24, 2.45) is 0 Å². The van der Waals surface area contributed by atoms with Gasteiger partial charge in [0.2, 0.25) is 0 Å². The largest absolute Gasteiger partial charge is 0.489 e. The van der Waals surface area contributed by atoms with E-state index in [4.69, 9.17) is 9.26 Å². The summed E-state index contributed by atoms with van der Waals surface area (Å²) in [6.07, 6.45) is 1.82. The van der Waals surface area contributed by atoms with Crippen molar-refractivity contribution in [3.63, 3.8) is 0 Å². The van der Waals surface area contributed by atoms with Gasteiger partial charge in [-0.25, -0.2) is 0 Å². The van der Waals surface area contributed by atoms with Gasteiger partial charge in [0.1, 0.15) is 18.1 Å². The van der Waals surface area contributed by atoms with Crippen LogP contribution in [0.5, 0.6) is 5.75 Å². The number of carbonyl (C=O) groups is 1. The third-order valence-electron chi connectivity index (χ3n) is 5.91. The molecule has 3 heterocycles. The summed E-state index contributed by atoms with van der Waals surface area (Å²) in [5.41, 5.74) is 2.28. The Bertz CT molecular complexity index is 1000. The number of hydrogen-bond donors (Lipinski definition) is 0. The first-order valence-electron chi connectivity index (χ1n) is 10.6. The van der Waals surface area contributed by atoms with Crippen molar-refractivity contribution in [3.8, 4) is 5.75 Å². The van der Waals surface area contributed by atoms with Crippen LogP contribution in [-0.4, -0.2) is 72.3 Å². The number of hydrogen-bond acceptors (Lipinski definition) is 6. The van der Waals surface area contributed by atoms with Gasteiger partial charge in [-0.2, -0.15) is 17.0 Å². The van der Waals surface area contributed by atoms with E-state index in [2.05, 4.69) is 5.16 Å². The van der Waals surface area contributed by atoms with Crippen LogP contribution in [0.15, 0.2) is 28.8 Å². The smallest absolute Gasteiger partial charge is 0.282 e. The number of nitrogens with zero attached hydrogens (tertiary/aromatic N) is 4. The minimum Gasteiger partial charge on any atom is -0.489 e. The molecule has 0 aliphatic carbocycles. The number of rotatable bonds is 6. The maximum absolute atomic E-state index is 12.8. The Morgan fingerprint density at radius 1 is 1.00 bits per heavy atom. The molecule has 2 aromatic rings. The third-order valence-corrected chi connectivity index (χ3v) is 7.94. The van der Waals surface area contributed by atoms with Crippen LogP contribution in [0.3, 0.4) is 0 Å². The number of piperazine rings is 1. The quantitative estimate of drug-likeness (QED) is 0.670. The highest BCUT2D eigenvalue weighted by molar-refractivity contribution is 7.86. The Labute approximate surface area is 182 Å². The average Bonchev–Trinajstić information content (AvgIpc) is 3.43. The van der Waals surface area contributed by atoms with Gasteiger partial charge in [0, 0.05) is 44.8 Å². The summed E-state index contributed by atoms with van der Waals surface area (Å²) in [7, 11) is -3.41. The Morgan fingerprint density at radius 3 is 2.19 bits per heavy atom. The van der Waals surface area contributed by atoms with Gasteiger partial charge in [-0.05, 0) is 51.0 Å². The van der Waals surface area contributed by atoms with Gasteiger partial charge < -0.3 is 14.2 Å². The monoisotopic (exact) mass is 448 g/mol. The van der Waals surface area contributed by atoms with E-state index < -0.39 is 10.2 Å². The van der Waals surface area contributed by atoms with E-state index in [1.165, 1.54) is 4.31 Å². The Balaban J connectivity index is 1.32. The second kappa shape index (κ2) is 8.97. The fourth-order valence-electron chi connectivity index (χ4n) is 3.94. The Kier molecular flexibility index (Phi) is 6.31. The molecule has 1 aromatic heterocycles. The molecule has 31 heavy (non-hydrogen) atoms. The highest BCUT2D eigenvalue weighted by Crippen LogP contribution is 2.21. The molecule has 0 atom stereocenters. The zero-order valence-corrected chi connectivity index (χ0v) is 18.7. The van der Waals surface area contributed by atoms with Gasteiger partial charge in [-0.3, -0.25) is 4.79 Å². The number of aromatic nitrogens is 1. The van der Waals surface area contributed by atoms with Gasteiger partial charge in [-0.15, -0.1) is 0 Å². The minimum atomic E-state index is -3.41. The highest BCUT2D eigenvalue weighted by atomic mass is 32.2. The first-order valence-corrected chi connectivity index (χ1v) is 11.9. The van der Waals surface area contributed by atoms with E-state index in [1.54, 1.807) is 33.5 Å². The van der Waals surface area contributed by atoms with E-state index in [-0.39, 0.29) is 5.91 Å². The maximum atomic E-state index is 12.8. The topological polar surface area (TPSA) is 96.2 Å². The lowest BCUT2D eigenvalue weighted by Crippen LogP contribution is -2.53. The van der Waals surface area contributed by atoms with E-state index in [0.29, 0.717) is 57.2 Å². The molecule has 10 heteroatoms. The van der Waals surface area contributed by atoms with Gasteiger partial charge in [0.05, 0.1) is 11.3 Å². The van der Waals surface area contributed by atoms with Crippen molar-refractivity contribution in [2.45, 2.75) is 33.3 Å². The summed E-state index contributed by atoms with van der Waals surface area (Å²) in [5.74, 6) is 1.28. The van der Waals surface area contributed by atoms with Gasteiger partial charge in [0.25, 0.3) is 16.1 Å². The molecule has 0 radical (unpaired) electrons. The molecule has 2 aliphatic rings. The molecule has 0 spiro atoms. The van der Waals surface area contributed by atoms with Crippen LogP contribution >= 0.6 is 0 Å². The molecule has 2 saturated heterocycles. The van der Waals surface area contributed by atoms with Crippen molar-refractivity contribution >= 4 is 16.1 Å². The first kappa shape index (κ1) is 21.8. The van der Waals surface area contributed by atoms with Crippen LogP contribution < -0.4 is 4.74 Å². The second-order valence-corrected chi connectivity index (χ2v) is 9.85. The molecule has 168 valence electrons. The van der Waals surface area contributed by atoms with Crippen molar-refractivity contribution < 1.29 is 22.5 Å². The van der Waals surface area contributed by atoms with Crippen LogP contribution in [0.2, 0.25) is 0 Å². The lowest BCUT2D eigenvalue weighted by atomic mass is 10.1. The normalized spacial score (nSPS) is 18.5. The molecular formula is C21H28N4O5S. The van der Waals surface area contributed by atoms with E-state index in [9.17, 15) is 13.2 Å². The molecule has 1 aromatic carbocycles. The molecular weight excluding hydrogens is 420 g/mol. The average molecular weight is 449 g/mol. The molecule has 2 fully saturated rings. The van der Waals surface area contributed by atoms with Gasteiger partial charge >= 0.3 is 0 Å². The molecule has 1 amide bonds. The Hall–Kier alpha value is -2.43. The molecule has 4 rings (SSSR count). The van der Waals surface area contributed by atoms with E-state index in [1.807, 2.05) is 13.8 Å². The van der Waals surface area contributed by atoms with Crippen molar-refractivity contribution in [3.05, 3.63) is 46.8 Å². The fraction of sp³-hybridized carbons (Fsp3) is 0.524. The fourth-order valence-corrected chi connectivity index (χ4v) is 5.61. The van der Waals surface area contributed by atoms with Crippen molar-refractivity contribution in [1.82, 2.24) is 18.7 Å². The van der Waals surface area contributed by atoms with Crippen molar-refractivity contribution in [2.75, 3.05) is 39.3 Å². The SMILES string of the molecule is Cc1noc(C)c1COc1ccc(C(=O)N2CCN(S(=O)(=O)N3CCCC3)CC2)cc1. The number of benzene rings is 1. The summed E-state index contributed by atoms with van der Waals surface area (Å²) < 4.78 is 39.3. The molecule has 2 aliphatic heterocycles. The number of aryl methyl sites for hydroxylation is 2. The number of ether oxygens (including phenoxy) is 1.